The molecule has 1 saturated heterocycles. The highest BCUT2D eigenvalue weighted by Crippen LogP contribution is 2.21. The van der Waals surface area contributed by atoms with Gasteiger partial charge in [-0.1, -0.05) is 30.3 Å². The molecule has 1 aromatic heterocycles. The number of H-pyrrole nitrogens is 1. The van der Waals surface area contributed by atoms with E-state index in [1.165, 1.54) is 47.1 Å². The lowest BCUT2D eigenvalue weighted by Crippen LogP contribution is -2.36. The quantitative estimate of drug-likeness (QED) is 0.764. The molecule has 2 nitrogen and oxygen atoms in total. The summed E-state index contributed by atoms with van der Waals surface area (Å²) in [6.07, 6.45) is 4.38. The predicted octanol–water partition coefficient (Wildman–Crippen LogP) is 3.96. The zero-order valence-electron chi connectivity index (χ0n) is 12.2. The molecule has 0 amide bonds. The maximum atomic E-state index is 3.26. The number of rotatable bonds is 4. The highest BCUT2D eigenvalue weighted by atomic mass is 15.2. The largest absolute Gasteiger partial charge is 0.361 e. The van der Waals surface area contributed by atoms with Gasteiger partial charge >= 0.3 is 0 Å². The Balaban J connectivity index is 1.60. The molecule has 3 aromatic rings. The molecule has 21 heavy (non-hydrogen) atoms. The van der Waals surface area contributed by atoms with E-state index in [1.807, 2.05) is 6.20 Å². The Labute approximate surface area is 125 Å². The summed E-state index contributed by atoms with van der Waals surface area (Å²) in [6.45, 7) is 3.61. The number of benzene rings is 2. The molecule has 1 N–H and O–H groups in total. The molecule has 2 heteroatoms. The smallest absolute Gasteiger partial charge is 0.0454 e. The predicted molar refractivity (Wildman–Crippen MR) is 87.4 cm³/mol. The Morgan fingerprint density at radius 1 is 0.952 bits per heavy atom. The molecule has 0 unspecified atom stereocenters. The summed E-state index contributed by atoms with van der Waals surface area (Å²) in [5.74, 6) is 0. The average molecular weight is 276 g/mol. The van der Waals surface area contributed by atoms with Crippen LogP contribution in [0.15, 0.2) is 54.7 Å². The van der Waals surface area contributed by atoms with Crippen LogP contribution in [0.2, 0.25) is 0 Å². The second-order valence-electron chi connectivity index (χ2n) is 5.97. The van der Waals surface area contributed by atoms with E-state index in [2.05, 4.69) is 58.4 Å². The number of hydrogen-bond donors (Lipinski definition) is 1. The van der Waals surface area contributed by atoms with Crippen LogP contribution in [0.4, 0.5) is 0 Å². The fourth-order valence-electron chi connectivity index (χ4n) is 3.10. The van der Waals surface area contributed by atoms with Crippen LogP contribution >= 0.6 is 0 Å². The van der Waals surface area contributed by atoms with E-state index in [-0.39, 0.29) is 0 Å². The Morgan fingerprint density at radius 3 is 2.62 bits per heavy atom. The van der Waals surface area contributed by atoms with Crippen LogP contribution in [0.3, 0.4) is 0 Å². The summed E-state index contributed by atoms with van der Waals surface area (Å²) in [4.78, 5) is 5.78. The second kappa shape index (κ2) is 5.38. The Kier molecular flexibility index (Phi) is 3.24. The molecule has 1 fully saturated rings. The third-order valence-electron chi connectivity index (χ3n) is 4.47. The van der Waals surface area contributed by atoms with Crippen molar-refractivity contribution in [2.45, 2.75) is 19.4 Å². The van der Waals surface area contributed by atoms with Gasteiger partial charge in [0, 0.05) is 18.3 Å². The molecule has 0 radical (unpaired) electrons. The Hall–Kier alpha value is -2.06. The van der Waals surface area contributed by atoms with E-state index in [4.69, 9.17) is 0 Å². The SMILES string of the molecule is c1ccc(CN2CCC2)c(Cc2ccc3[nH]ccc3c2)c1. The second-order valence-corrected chi connectivity index (χ2v) is 5.97. The van der Waals surface area contributed by atoms with E-state index < -0.39 is 0 Å². The summed E-state index contributed by atoms with van der Waals surface area (Å²) in [7, 11) is 0. The van der Waals surface area contributed by atoms with E-state index >= 15 is 0 Å². The van der Waals surface area contributed by atoms with Crippen molar-refractivity contribution in [3.63, 3.8) is 0 Å². The van der Waals surface area contributed by atoms with Gasteiger partial charge in [-0.05, 0) is 66.2 Å². The van der Waals surface area contributed by atoms with Crippen LogP contribution in [-0.2, 0) is 13.0 Å². The first-order valence-corrected chi connectivity index (χ1v) is 7.74. The van der Waals surface area contributed by atoms with Gasteiger partial charge < -0.3 is 4.98 Å². The number of likely N-dealkylation sites (tertiary alicyclic amines) is 1. The first-order valence-electron chi connectivity index (χ1n) is 7.74. The number of aromatic amines is 1. The maximum Gasteiger partial charge on any atom is 0.0454 e. The monoisotopic (exact) mass is 276 g/mol. The molecule has 0 aliphatic carbocycles. The van der Waals surface area contributed by atoms with Gasteiger partial charge in [-0.3, -0.25) is 4.90 Å². The van der Waals surface area contributed by atoms with Crippen LogP contribution in [0.25, 0.3) is 10.9 Å². The van der Waals surface area contributed by atoms with Crippen molar-refractivity contribution in [3.05, 3.63) is 71.4 Å². The molecule has 0 bridgehead atoms. The Morgan fingerprint density at radius 2 is 1.81 bits per heavy atom. The molecule has 0 atom stereocenters. The molecular weight excluding hydrogens is 256 g/mol. The van der Waals surface area contributed by atoms with Gasteiger partial charge in [0.15, 0.2) is 0 Å². The minimum absolute atomic E-state index is 1.02. The van der Waals surface area contributed by atoms with Crippen LogP contribution in [0, 0.1) is 0 Å². The zero-order chi connectivity index (χ0) is 14.1. The number of nitrogens with one attached hydrogen (secondary N) is 1. The summed E-state index contributed by atoms with van der Waals surface area (Å²) < 4.78 is 0. The lowest BCUT2D eigenvalue weighted by molar-refractivity contribution is 0.172. The molecule has 106 valence electrons. The van der Waals surface area contributed by atoms with Gasteiger partial charge in [0.05, 0.1) is 0 Å². The summed E-state index contributed by atoms with van der Waals surface area (Å²) in [6, 6.07) is 17.7. The lowest BCUT2D eigenvalue weighted by atomic mass is 9.98. The van der Waals surface area contributed by atoms with Gasteiger partial charge in [0.25, 0.3) is 0 Å². The van der Waals surface area contributed by atoms with Crippen LogP contribution < -0.4 is 0 Å². The number of aromatic nitrogens is 1. The molecule has 4 rings (SSSR count). The van der Waals surface area contributed by atoms with Gasteiger partial charge in [0.2, 0.25) is 0 Å². The van der Waals surface area contributed by atoms with Crippen molar-refractivity contribution < 1.29 is 0 Å². The maximum absolute atomic E-state index is 3.26. The Bertz CT molecular complexity index is 753. The van der Waals surface area contributed by atoms with Crippen molar-refractivity contribution in [3.8, 4) is 0 Å². The van der Waals surface area contributed by atoms with Gasteiger partial charge in [-0.25, -0.2) is 0 Å². The minimum atomic E-state index is 1.02. The van der Waals surface area contributed by atoms with Crippen LogP contribution in [0.1, 0.15) is 23.1 Å². The first kappa shape index (κ1) is 12.7. The van der Waals surface area contributed by atoms with Crippen molar-refractivity contribution in [2.75, 3.05) is 13.1 Å². The lowest BCUT2D eigenvalue weighted by Gasteiger charge is -2.31. The minimum Gasteiger partial charge on any atom is -0.361 e. The van der Waals surface area contributed by atoms with Crippen molar-refractivity contribution >= 4 is 10.9 Å². The number of fused-ring (bicyclic) bond motifs is 1. The fourth-order valence-corrected chi connectivity index (χ4v) is 3.10. The first-order chi connectivity index (χ1) is 10.4. The van der Waals surface area contributed by atoms with E-state index in [9.17, 15) is 0 Å². The standard InChI is InChI=1S/C19H20N2/c1-2-5-18(14-21-10-3-11-21)16(4-1)12-15-6-7-19-17(13-15)8-9-20-19/h1-2,4-9,13,20H,3,10-12,14H2. The van der Waals surface area contributed by atoms with Crippen LogP contribution in [0.5, 0.6) is 0 Å². The van der Waals surface area contributed by atoms with E-state index in [0.29, 0.717) is 0 Å². The zero-order valence-corrected chi connectivity index (χ0v) is 12.2. The van der Waals surface area contributed by atoms with Crippen molar-refractivity contribution in [2.24, 2.45) is 0 Å². The van der Waals surface area contributed by atoms with E-state index in [1.54, 1.807) is 0 Å². The normalized spacial score (nSPS) is 15.2. The van der Waals surface area contributed by atoms with Crippen molar-refractivity contribution in [1.82, 2.24) is 9.88 Å². The van der Waals surface area contributed by atoms with Gasteiger partial charge in [-0.15, -0.1) is 0 Å². The van der Waals surface area contributed by atoms with E-state index in [0.717, 1.165) is 13.0 Å². The van der Waals surface area contributed by atoms with Gasteiger partial charge in [-0.2, -0.15) is 0 Å². The molecule has 1 aliphatic rings. The van der Waals surface area contributed by atoms with Crippen molar-refractivity contribution in [1.29, 1.82) is 0 Å². The molecule has 2 heterocycles. The highest BCUT2D eigenvalue weighted by molar-refractivity contribution is 5.80. The molecule has 2 aromatic carbocycles. The molecular formula is C19H20N2. The number of hydrogen-bond acceptors (Lipinski definition) is 1. The van der Waals surface area contributed by atoms with Crippen LogP contribution in [-0.4, -0.2) is 23.0 Å². The number of nitrogens with zero attached hydrogens (tertiary/aromatic N) is 1. The molecule has 0 spiro atoms. The summed E-state index contributed by atoms with van der Waals surface area (Å²) >= 11 is 0. The summed E-state index contributed by atoms with van der Waals surface area (Å²) in [5.41, 5.74) is 5.54. The third kappa shape index (κ3) is 2.59. The molecule has 1 aliphatic heterocycles. The molecule has 0 saturated carbocycles. The fraction of sp³-hybridized carbons (Fsp3) is 0.263. The topological polar surface area (TPSA) is 19.0 Å². The highest BCUT2D eigenvalue weighted by Gasteiger charge is 2.15. The summed E-state index contributed by atoms with van der Waals surface area (Å²) in [5, 5.41) is 1.30. The third-order valence-corrected chi connectivity index (χ3v) is 4.47. The van der Waals surface area contributed by atoms with Gasteiger partial charge in [0.1, 0.15) is 0 Å². The average Bonchev–Trinajstić information content (AvgIpc) is 2.92.